The molecule has 0 saturated carbocycles. The molecular weight excluding hydrogens is 388 g/mol. The molecule has 1 aromatic carbocycles. The van der Waals surface area contributed by atoms with E-state index < -0.39 is 35.9 Å². The molecule has 1 saturated heterocycles. The number of carboxylic acids is 1. The molecule has 9 heteroatoms. The topological polar surface area (TPSA) is 142 Å². The number of hydrogen-bond donors (Lipinski definition) is 4. The molecule has 3 amide bonds. The maximum atomic E-state index is 12.8. The molecule has 9 nitrogen and oxygen atoms in total. The highest BCUT2D eigenvalue weighted by Gasteiger charge is 2.36. The van der Waals surface area contributed by atoms with Crippen LogP contribution in [0.2, 0.25) is 0 Å². The molecule has 1 aliphatic rings. The minimum atomic E-state index is -1.13. The molecule has 0 bridgehead atoms. The third kappa shape index (κ3) is 6.28. The van der Waals surface area contributed by atoms with Crippen LogP contribution in [0.5, 0.6) is 0 Å². The Morgan fingerprint density at radius 2 is 1.87 bits per heavy atom. The average molecular weight is 418 g/mol. The lowest BCUT2D eigenvalue weighted by Gasteiger charge is -2.27. The van der Waals surface area contributed by atoms with Gasteiger partial charge in [-0.2, -0.15) is 0 Å². The highest BCUT2D eigenvalue weighted by atomic mass is 16.4. The van der Waals surface area contributed by atoms with Crippen molar-refractivity contribution < 1.29 is 24.3 Å². The minimum Gasteiger partial charge on any atom is -0.480 e. The van der Waals surface area contributed by atoms with Gasteiger partial charge in [0, 0.05) is 6.54 Å². The van der Waals surface area contributed by atoms with Crippen LogP contribution in [0.15, 0.2) is 30.3 Å². The Hall–Kier alpha value is -2.94. The number of rotatable bonds is 9. The van der Waals surface area contributed by atoms with Crippen molar-refractivity contribution in [2.75, 3.05) is 13.1 Å². The quantitative estimate of drug-likeness (QED) is 0.441. The molecule has 3 unspecified atom stereocenters. The van der Waals surface area contributed by atoms with E-state index in [0.717, 1.165) is 5.56 Å². The first-order valence-corrected chi connectivity index (χ1v) is 10.1. The van der Waals surface area contributed by atoms with Crippen LogP contribution < -0.4 is 16.4 Å². The zero-order valence-corrected chi connectivity index (χ0v) is 17.3. The Kier molecular flexibility index (Phi) is 8.35. The first kappa shape index (κ1) is 23.3. The van der Waals surface area contributed by atoms with Gasteiger partial charge in [0.1, 0.15) is 12.1 Å². The monoisotopic (exact) mass is 418 g/mol. The van der Waals surface area contributed by atoms with Crippen molar-refractivity contribution in [1.82, 2.24) is 15.5 Å². The predicted octanol–water partition coefficient (Wildman–Crippen LogP) is -0.111. The molecule has 0 aliphatic carbocycles. The van der Waals surface area contributed by atoms with Gasteiger partial charge in [0.2, 0.25) is 17.7 Å². The molecule has 0 radical (unpaired) electrons. The summed E-state index contributed by atoms with van der Waals surface area (Å²) in [4.78, 5) is 50.0. The summed E-state index contributed by atoms with van der Waals surface area (Å²) >= 11 is 0. The molecule has 164 valence electrons. The number of aliphatic carboxylic acids is 1. The van der Waals surface area contributed by atoms with Crippen molar-refractivity contribution in [2.45, 2.75) is 51.2 Å². The lowest BCUT2D eigenvalue weighted by Crippen LogP contribution is -2.53. The van der Waals surface area contributed by atoms with E-state index in [4.69, 9.17) is 10.8 Å². The summed E-state index contributed by atoms with van der Waals surface area (Å²) in [7, 11) is 0. The van der Waals surface area contributed by atoms with Crippen LogP contribution in [0.1, 0.15) is 32.3 Å². The van der Waals surface area contributed by atoms with Gasteiger partial charge in [-0.15, -0.1) is 0 Å². The maximum Gasteiger partial charge on any atom is 0.326 e. The molecule has 1 aromatic rings. The molecule has 0 spiro atoms. The van der Waals surface area contributed by atoms with Crippen molar-refractivity contribution in [1.29, 1.82) is 0 Å². The van der Waals surface area contributed by atoms with E-state index in [1.165, 1.54) is 4.90 Å². The van der Waals surface area contributed by atoms with Crippen LogP contribution in [0.25, 0.3) is 0 Å². The fourth-order valence-electron chi connectivity index (χ4n) is 3.49. The van der Waals surface area contributed by atoms with Crippen molar-refractivity contribution in [3.8, 4) is 0 Å². The smallest absolute Gasteiger partial charge is 0.326 e. The molecule has 1 heterocycles. The average Bonchev–Trinajstić information content (AvgIpc) is 3.19. The number of carbonyl (C=O) groups excluding carboxylic acids is 3. The molecule has 1 fully saturated rings. The van der Waals surface area contributed by atoms with E-state index in [1.807, 2.05) is 30.3 Å². The van der Waals surface area contributed by atoms with Gasteiger partial charge in [0.25, 0.3) is 0 Å². The van der Waals surface area contributed by atoms with Crippen molar-refractivity contribution >= 4 is 23.7 Å². The van der Waals surface area contributed by atoms with E-state index in [0.29, 0.717) is 25.8 Å². The van der Waals surface area contributed by atoms with Crippen LogP contribution in [0.3, 0.4) is 0 Å². The van der Waals surface area contributed by atoms with E-state index >= 15 is 0 Å². The second-order valence-corrected chi connectivity index (χ2v) is 7.83. The highest BCUT2D eigenvalue weighted by Crippen LogP contribution is 2.19. The number of likely N-dealkylation sites (tertiary alicyclic amines) is 1. The van der Waals surface area contributed by atoms with Gasteiger partial charge in [-0.05, 0) is 30.7 Å². The Morgan fingerprint density at radius 1 is 1.20 bits per heavy atom. The van der Waals surface area contributed by atoms with Crippen molar-refractivity contribution in [2.24, 2.45) is 11.7 Å². The summed E-state index contributed by atoms with van der Waals surface area (Å²) in [6.45, 7) is 3.43. The maximum absolute atomic E-state index is 12.8. The lowest BCUT2D eigenvalue weighted by atomic mass is 10.0. The van der Waals surface area contributed by atoms with Gasteiger partial charge in [-0.3, -0.25) is 14.4 Å². The first-order chi connectivity index (χ1) is 14.2. The van der Waals surface area contributed by atoms with Crippen molar-refractivity contribution in [3.63, 3.8) is 0 Å². The fraction of sp³-hybridized carbons (Fsp3) is 0.524. The number of nitrogens with two attached hydrogens (primary N) is 1. The third-order valence-corrected chi connectivity index (χ3v) is 5.13. The van der Waals surface area contributed by atoms with Crippen LogP contribution in [0.4, 0.5) is 0 Å². The Labute approximate surface area is 176 Å². The van der Waals surface area contributed by atoms with Crippen molar-refractivity contribution in [3.05, 3.63) is 35.9 Å². The lowest BCUT2D eigenvalue weighted by molar-refractivity contribution is -0.143. The fourth-order valence-corrected chi connectivity index (χ4v) is 3.49. The zero-order valence-electron chi connectivity index (χ0n) is 17.3. The van der Waals surface area contributed by atoms with E-state index in [9.17, 15) is 19.2 Å². The molecular formula is C21H30N4O5. The van der Waals surface area contributed by atoms with Crippen LogP contribution in [0, 0.1) is 5.92 Å². The summed E-state index contributed by atoms with van der Waals surface area (Å²) in [6.07, 6.45) is 1.53. The van der Waals surface area contributed by atoms with Gasteiger partial charge >= 0.3 is 5.97 Å². The predicted molar refractivity (Wildman–Crippen MR) is 110 cm³/mol. The molecule has 0 aromatic heterocycles. The second kappa shape index (κ2) is 10.7. The first-order valence-electron chi connectivity index (χ1n) is 10.1. The van der Waals surface area contributed by atoms with E-state index in [2.05, 4.69) is 10.6 Å². The summed E-state index contributed by atoms with van der Waals surface area (Å²) in [5.74, 6) is -2.77. The van der Waals surface area contributed by atoms with E-state index in [1.54, 1.807) is 13.8 Å². The van der Waals surface area contributed by atoms with Gasteiger partial charge < -0.3 is 26.4 Å². The van der Waals surface area contributed by atoms with Gasteiger partial charge in [-0.1, -0.05) is 44.2 Å². The normalized spacial score (nSPS) is 18.0. The summed E-state index contributed by atoms with van der Waals surface area (Å²) in [5.41, 5.74) is 7.02. The highest BCUT2D eigenvalue weighted by molar-refractivity contribution is 5.93. The molecule has 30 heavy (non-hydrogen) atoms. The minimum absolute atomic E-state index is 0.295. The number of carbonyl (C=O) groups is 4. The van der Waals surface area contributed by atoms with Crippen LogP contribution >= 0.6 is 0 Å². The number of carboxylic acid groups (broad SMARTS) is 1. The molecule has 5 N–H and O–H groups in total. The number of amides is 3. The van der Waals surface area contributed by atoms with E-state index in [-0.39, 0.29) is 18.4 Å². The SMILES string of the molecule is CC(C)C(NC(=O)CNC(=O)C1CCCN1C(=O)C(N)Cc1ccccc1)C(=O)O. The Balaban J connectivity index is 1.89. The van der Waals surface area contributed by atoms with Crippen LogP contribution in [-0.2, 0) is 25.6 Å². The Morgan fingerprint density at radius 3 is 2.47 bits per heavy atom. The second-order valence-electron chi connectivity index (χ2n) is 7.83. The van der Waals surface area contributed by atoms with Gasteiger partial charge in [0.05, 0.1) is 12.6 Å². The standard InChI is InChI=1S/C21H30N4O5/c1-13(2)18(21(29)30)24-17(26)12-23-19(27)16-9-6-10-25(16)20(28)15(22)11-14-7-4-3-5-8-14/h3-5,7-8,13,15-16,18H,6,9-12,22H2,1-2H3,(H,23,27)(H,24,26)(H,29,30). The zero-order chi connectivity index (χ0) is 22.3. The van der Waals surface area contributed by atoms with Gasteiger partial charge in [-0.25, -0.2) is 4.79 Å². The Bertz CT molecular complexity index is 768. The molecule has 2 rings (SSSR count). The van der Waals surface area contributed by atoms with Crippen LogP contribution in [-0.4, -0.2) is 64.9 Å². The number of nitrogens with zero attached hydrogens (tertiary/aromatic N) is 1. The summed E-state index contributed by atoms with van der Waals surface area (Å²) < 4.78 is 0. The number of hydrogen-bond acceptors (Lipinski definition) is 5. The largest absolute Gasteiger partial charge is 0.480 e. The van der Waals surface area contributed by atoms with Gasteiger partial charge in [0.15, 0.2) is 0 Å². The summed E-state index contributed by atoms with van der Waals surface area (Å²) in [6, 6.07) is 6.93. The summed E-state index contributed by atoms with van der Waals surface area (Å²) in [5, 5.41) is 14.0. The third-order valence-electron chi connectivity index (χ3n) is 5.13. The number of benzene rings is 1. The number of nitrogens with one attached hydrogen (secondary N) is 2. The molecule has 3 atom stereocenters. The molecule has 1 aliphatic heterocycles.